The highest BCUT2D eigenvalue weighted by atomic mass is 35.5. The summed E-state index contributed by atoms with van der Waals surface area (Å²) >= 11 is 6.04. The van der Waals surface area contributed by atoms with Crippen molar-refractivity contribution >= 4 is 35.1 Å². The molecule has 0 aromatic heterocycles. The van der Waals surface area contributed by atoms with Crippen molar-refractivity contribution in [3.8, 4) is 11.5 Å². The molecule has 3 rings (SSSR count). The number of nitrogens with one attached hydrogen (secondary N) is 1. The van der Waals surface area contributed by atoms with Gasteiger partial charge in [-0.1, -0.05) is 65.7 Å². The highest BCUT2D eigenvalue weighted by Gasteiger charge is 2.10. The van der Waals surface area contributed by atoms with E-state index in [4.69, 9.17) is 21.1 Å². The van der Waals surface area contributed by atoms with Gasteiger partial charge in [0.1, 0.15) is 0 Å². The lowest BCUT2D eigenvalue weighted by molar-refractivity contribution is -0.118. The number of benzene rings is 3. The van der Waals surface area contributed by atoms with Crippen LogP contribution in [0.3, 0.4) is 0 Å². The van der Waals surface area contributed by atoms with Gasteiger partial charge in [-0.2, -0.15) is 0 Å². The first-order valence-corrected chi connectivity index (χ1v) is 9.98. The van der Waals surface area contributed by atoms with E-state index in [1.54, 1.807) is 60.7 Å². The average Bonchev–Trinajstić information content (AvgIpc) is 2.78. The van der Waals surface area contributed by atoms with Crippen molar-refractivity contribution in [2.75, 3.05) is 19.0 Å². The molecule has 1 amide bonds. The van der Waals surface area contributed by atoms with E-state index in [-0.39, 0.29) is 18.3 Å². The topological polar surface area (TPSA) is 64.6 Å². The summed E-state index contributed by atoms with van der Waals surface area (Å²) in [6.07, 6.45) is 3.22. The van der Waals surface area contributed by atoms with E-state index in [2.05, 4.69) is 5.32 Å². The minimum atomic E-state index is -0.345. The van der Waals surface area contributed by atoms with Crippen molar-refractivity contribution in [3.05, 3.63) is 94.5 Å². The molecule has 0 aliphatic heterocycles. The van der Waals surface area contributed by atoms with Crippen LogP contribution < -0.4 is 14.8 Å². The molecule has 0 heterocycles. The van der Waals surface area contributed by atoms with Crippen LogP contribution in [0.25, 0.3) is 6.08 Å². The summed E-state index contributed by atoms with van der Waals surface area (Å²) in [6, 6.07) is 19.6. The van der Waals surface area contributed by atoms with Gasteiger partial charge in [-0.05, 0) is 42.8 Å². The number of aryl methyl sites for hydroxylation is 1. The van der Waals surface area contributed by atoms with Gasteiger partial charge in [-0.3, -0.25) is 9.59 Å². The Kier molecular flexibility index (Phi) is 7.46. The molecule has 0 spiro atoms. The first kappa shape index (κ1) is 22.1. The van der Waals surface area contributed by atoms with Crippen LogP contribution in [0.4, 0.5) is 5.69 Å². The van der Waals surface area contributed by atoms with E-state index < -0.39 is 0 Å². The Balaban J connectivity index is 1.62. The molecule has 0 saturated carbocycles. The lowest BCUT2D eigenvalue weighted by Gasteiger charge is -2.12. The first-order valence-electron chi connectivity index (χ1n) is 9.60. The molecule has 0 aliphatic rings. The maximum Gasteiger partial charge on any atom is 0.262 e. The van der Waals surface area contributed by atoms with Crippen LogP contribution in [0.5, 0.6) is 11.5 Å². The van der Waals surface area contributed by atoms with Crippen molar-refractivity contribution in [2.45, 2.75) is 6.92 Å². The maximum atomic E-state index is 12.3. The van der Waals surface area contributed by atoms with Gasteiger partial charge in [0.15, 0.2) is 23.9 Å². The summed E-state index contributed by atoms with van der Waals surface area (Å²) in [4.78, 5) is 24.5. The summed E-state index contributed by atoms with van der Waals surface area (Å²) in [5.41, 5.74) is 3.01. The molecule has 6 heteroatoms. The molecular formula is C25H22ClNO4. The number of methoxy groups -OCH3 is 1. The molecule has 0 bridgehead atoms. The Morgan fingerprint density at radius 3 is 2.45 bits per heavy atom. The van der Waals surface area contributed by atoms with E-state index >= 15 is 0 Å². The van der Waals surface area contributed by atoms with Crippen LogP contribution in [0.1, 0.15) is 21.5 Å². The average molecular weight is 436 g/mol. The minimum Gasteiger partial charge on any atom is -0.493 e. The van der Waals surface area contributed by atoms with Gasteiger partial charge in [0.2, 0.25) is 0 Å². The smallest absolute Gasteiger partial charge is 0.262 e. The summed E-state index contributed by atoms with van der Waals surface area (Å²) in [7, 11) is 1.51. The highest BCUT2D eigenvalue weighted by molar-refractivity contribution is 6.33. The van der Waals surface area contributed by atoms with Crippen molar-refractivity contribution in [1.29, 1.82) is 0 Å². The monoisotopic (exact) mass is 435 g/mol. The third-order valence-electron chi connectivity index (χ3n) is 4.46. The molecule has 0 aliphatic carbocycles. The molecule has 1 N–H and O–H groups in total. The van der Waals surface area contributed by atoms with Gasteiger partial charge in [0.05, 0.1) is 17.8 Å². The van der Waals surface area contributed by atoms with Gasteiger partial charge < -0.3 is 14.8 Å². The van der Waals surface area contributed by atoms with Crippen LogP contribution in [-0.4, -0.2) is 25.4 Å². The number of para-hydroxylation sites is 1. The number of anilines is 1. The van der Waals surface area contributed by atoms with Crippen LogP contribution in [0, 0.1) is 6.92 Å². The van der Waals surface area contributed by atoms with Crippen LogP contribution in [0.2, 0.25) is 5.02 Å². The lowest BCUT2D eigenvalue weighted by Crippen LogP contribution is -2.20. The Morgan fingerprint density at radius 2 is 1.74 bits per heavy atom. The second-order valence-corrected chi connectivity index (χ2v) is 7.20. The van der Waals surface area contributed by atoms with E-state index in [0.717, 1.165) is 11.1 Å². The van der Waals surface area contributed by atoms with Crippen molar-refractivity contribution in [2.24, 2.45) is 0 Å². The number of ketones is 1. The quantitative estimate of drug-likeness (QED) is 0.371. The summed E-state index contributed by atoms with van der Waals surface area (Å²) < 4.78 is 11.0. The molecule has 0 saturated heterocycles. The second-order valence-electron chi connectivity index (χ2n) is 6.79. The third kappa shape index (κ3) is 6.20. The largest absolute Gasteiger partial charge is 0.493 e. The molecule has 0 atom stereocenters. The Bertz CT molecular complexity index is 1110. The van der Waals surface area contributed by atoms with E-state index in [1.807, 2.05) is 19.1 Å². The standard InChI is InChI=1S/C25H22ClNO4/c1-17-7-11-19(12-8-17)22(28)13-9-18-10-14-23(24(15-18)30-2)31-16-25(29)27-21-6-4-3-5-20(21)26/h3-15H,16H2,1-2H3,(H,27,29)/b13-9+. The first-order chi connectivity index (χ1) is 15.0. The summed E-state index contributed by atoms with van der Waals surface area (Å²) in [5.74, 6) is 0.438. The molecule has 0 fully saturated rings. The number of amides is 1. The lowest BCUT2D eigenvalue weighted by atomic mass is 10.1. The summed E-state index contributed by atoms with van der Waals surface area (Å²) in [6.45, 7) is 1.77. The fraction of sp³-hybridized carbons (Fsp3) is 0.120. The third-order valence-corrected chi connectivity index (χ3v) is 4.79. The zero-order chi connectivity index (χ0) is 22.2. The zero-order valence-electron chi connectivity index (χ0n) is 17.2. The fourth-order valence-electron chi connectivity index (χ4n) is 2.79. The summed E-state index contributed by atoms with van der Waals surface area (Å²) in [5, 5.41) is 3.14. The molecule has 158 valence electrons. The van der Waals surface area contributed by atoms with E-state index in [0.29, 0.717) is 27.8 Å². The number of ether oxygens (including phenoxy) is 2. The van der Waals surface area contributed by atoms with Crippen LogP contribution in [-0.2, 0) is 4.79 Å². The Hall–Kier alpha value is -3.57. The normalized spacial score (nSPS) is 10.7. The number of rotatable bonds is 8. The van der Waals surface area contributed by atoms with E-state index in [1.165, 1.54) is 13.2 Å². The molecule has 3 aromatic carbocycles. The number of hydrogen-bond acceptors (Lipinski definition) is 4. The Morgan fingerprint density at radius 1 is 1.00 bits per heavy atom. The number of carbonyl (C=O) groups excluding carboxylic acids is 2. The SMILES string of the molecule is COc1cc(/C=C/C(=O)c2ccc(C)cc2)ccc1OCC(=O)Nc1ccccc1Cl. The van der Waals surface area contributed by atoms with E-state index in [9.17, 15) is 9.59 Å². The molecule has 31 heavy (non-hydrogen) atoms. The zero-order valence-corrected chi connectivity index (χ0v) is 18.0. The number of halogens is 1. The van der Waals surface area contributed by atoms with Crippen LogP contribution >= 0.6 is 11.6 Å². The van der Waals surface area contributed by atoms with Crippen molar-refractivity contribution in [1.82, 2.24) is 0 Å². The predicted molar refractivity (Wildman–Crippen MR) is 123 cm³/mol. The second kappa shape index (κ2) is 10.5. The number of hydrogen-bond donors (Lipinski definition) is 1. The van der Waals surface area contributed by atoms with Crippen molar-refractivity contribution < 1.29 is 19.1 Å². The fourth-order valence-corrected chi connectivity index (χ4v) is 2.97. The highest BCUT2D eigenvalue weighted by Crippen LogP contribution is 2.29. The molecule has 0 unspecified atom stereocenters. The van der Waals surface area contributed by atoms with Gasteiger partial charge in [0.25, 0.3) is 5.91 Å². The molecule has 0 radical (unpaired) electrons. The van der Waals surface area contributed by atoms with Gasteiger partial charge in [-0.25, -0.2) is 0 Å². The van der Waals surface area contributed by atoms with Gasteiger partial charge in [0, 0.05) is 5.56 Å². The number of allylic oxidation sites excluding steroid dienone is 1. The molecular weight excluding hydrogens is 414 g/mol. The molecule has 3 aromatic rings. The predicted octanol–water partition coefficient (Wildman–Crippen LogP) is 5.57. The van der Waals surface area contributed by atoms with Crippen molar-refractivity contribution in [3.63, 3.8) is 0 Å². The van der Waals surface area contributed by atoms with Gasteiger partial charge in [-0.15, -0.1) is 0 Å². The van der Waals surface area contributed by atoms with Gasteiger partial charge >= 0.3 is 0 Å². The maximum absolute atomic E-state index is 12.3. The molecule has 5 nitrogen and oxygen atoms in total. The Labute approximate surface area is 186 Å². The van der Waals surface area contributed by atoms with Crippen LogP contribution in [0.15, 0.2) is 72.8 Å². The number of carbonyl (C=O) groups is 2. The minimum absolute atomic E-state index is 0.0875.